The Labute approximate surface area is 193 Å². The number of esters is 1. The normalized spacial score (nSPS) is 11.5. The lowest BCUT2D eigenvalue weighted by atomic mass is 9.81. The van der Waals surface area contributed by atoms with Crippen molar-refractivity contribution in [1.29, 1.82) is 0 Å². The first-order chi connectivity index (χ1) is 15.8. The molecular weight excluding hydrogens is 414 g/mol. The van der Waals surface area contributed by atoms with Gasteiger partial charge in [0.25, 0.3) is 0 Å². The molecule has 0 aliphatic heterocycles. The van der Waals surface area contributed by atoms with E-state index in [9.17, 15) is 9.59 Å². The Balaban J connectivity index is 1.60. The minimum absolute atomic E-state index is 0.0144. The molecule has 2 heterocycles. The van der Waals surface area contributed by atoms with Crippen molar-refractivity contribution in [3.8, 4) is 11.3 Å². The number of rotatable bonds is 7. The van der Waals surface area contributed by atoms with Crippen LogP contribution in [0, 0.1) is 6.92 Å². The van der Waals surface area contributed by atoms with E-state index in [1.807, 2.05) is 92.0 Å². The van der Waals surface area contributed by atoms with Crippen molar-refractivity contribution in [2.45, 2.75) is 39.0 Å². The van der Waals surface area contributed by atoms with Gasteiger partial charge >= 0.3 is 5.97 Å². The van der Waals surface area contributed by atoms with E-state index < -0.39 is 0 Å². The van der Waals surface area contributed by atoms with Crippen molar-refractivity contribution >= 4 is 17.4 Å². The summed E-state index contributed by atoms with van der Waals surface area (Å²) in [5.41, 5.74) is 5.40. The van der Waals surface area contributed by atoms with Crippen LogP contribution in [-0.4, -0.2) is 33.5 Å². The minimum Gasteiger partial charge on any atom is -0.469 e. The van der Waals surface area contributed by atoms with E-state index >= 15 is 0 Å². The molecule has 4 rings (SSSR count). The lowest BCUT2D eigenvalue weighted by Gasteiger charge is -2.24. The number of aryl methyl sites for hydroxylation is 1. The number of hydrogen-bond acceptors (Lipinski definition) is 5. The topological polar surface area (TPSA) is 73.6 Å². The number of ketones is 1. The number of benzene rings is 2. The Bertz CT molecular complexity index is 1310. The monoisotopic (exact) mass is 441 g/mol. The molecule has 0 saturated carbocycles. The molecule has 6 nitrogen and oxygen atoms in total. The average molecular weight is 442 g/mol. The maximum atomic E-state index is 13.1. The quantitative estimate of drug-likeness (QED) is 0.299. The molecule has 0 bridgehead atoms. The molecule has 6 heteroatoms. The molecule has 0 aliphatic carbocycles. The fourth-order valence-corrected chi connectivity index (χ4v) is 3.96. The van der Waals surface area contributed by atoms with Gasteiger partial charge in [0.2, 0.25) is 0 Å². The van der Waals surface area contributed by atoms with Crippen LogP contribution in [0.25, 0.3) is 16.9 Å². The van der Waals surface area contributed by atoms with Crippen LogP contribution in [0.3, 0.4) is 0 Å². The summed E-state index contributed by atoms with van der Waals surface area (Å²) >= 11 is 0. The molecule has 0 N–H and O–H groups in total. The Morgan fingerprint density at radius 3 is 2.36 bits per heavy atom. The van der Waals surface area contributed by atoms with Crippen molar-refractivity contribution in [2.24, 2.45) is 0 Å². The van der Waals surface area contributed by atoms with Crippen LogP contribution >= 0.6 is 0 Å². The highest BCUT2D eigenvalue weighted by Crippen LogP contribution is 2.28. The van der Waals surface area contributed by atoms with E-state index in [1.54, 1.807) is 0 Å². The van der Waals surface area contributed by atoms with E-state index in [-0.39, 0.29) is 30.0 Å². The molecular formula is C27H27N3O3. The van der Waals surface area contributed by atoms with Crippen LogP contribution in [0.15, 0.2) is 66.7 Å². The lowest BCUT2D eigenvalue weighted by Crippen LogP contribution is -2.22. The molecule has 0 radical (unpaired) electrons. The highest BCUT2D eigenvalue weighted by Gasteiger charge is 2.25. The molecule has 0 saturated heterocycles. The summed E-state index contributed by atoms with van der Waals surface area (Å²) < 4.78 is 6.62. The predicted octanol–water partition coefficient (Wildman–Crippen LogP) is 4.97. The predicted molar refractivity (Wildman–Crippen MR) is 127 cm³/mol. The summed E-state index contributed by atoms with van der Waals surface area (Å²) in [5.74, 6) is -0.273. The summed E-state index contributed by atoms with van der Waals surface area (Å²) in [6.07, 6.45) is 0.458. The molecule has 0 atom stereocenters. The van der Waals surface area contributed by atoms with Gasteiger partial charge in [-0.3, -0.25) is 9.59 Å². The van der Waals surface area contributed by atoms with Gasteiger partial charge in [0.05, 0.1) is 37.0 Å². The summed E-state index contributed by atoms with van der Waals surface area (Å²) in [7, 11) is 1.39. The van der Waals surface area contributed by atoms with Gasteiger partial charge in [0, 0.05) is 22.6 Å². The van der Waals surface area contributed by atoms with Crippen molar-refractivity contribution in [1.82, 2.24) is 14.6 Å². The third kappa shape index (κ3) is 4.85. The number of aromatic nitrogens is 3. The van der Waals surface area contributed by atoms with Crippen molar-refractivity contribution in [3.05, 3.63) is 89.2 Å². The van der Waals surface area contributed by atoms with E-state index in [4.69, 9.17) is 4.74 Å². The Hall–Kier alpha value is -3.80. The van der Waals surface area contributed by atoms with Crippen molar-refractivity contribution in [2.75, 3.05) is 7.11 Å². The Kier molecular flexibility index (Phi) is 6.09. The van der Waals surface area contributed by atoms with Gasteiger partial charge in [0.1, 0.15) is 0 Å². The fourth-order valence-electron chi connectivity index (χ4n) is 3.96. The van der Waals surface area contributed by atoms with Crippen LogP contribution in [0.1, 0.15) is 47.6 Å². The number of fused-ring (bicyclic) bond motifs is 1. The summed E-state index contributed by atoms with van der Waals surface area (Å²) in [6, 6.07) is 21.3. The SMILES string of the molecule is COC(=O)CC(C)(C)c1ccc(C(=O)Cc2cc(-c3ccccc3)n3nc(C)cc3n2)cc1. The van der Waals surface area contributed by atoms with Crippen LogP contribution in [-0.2, 0) is 21.4 Å². The van der Waals surface area contributed by atoms with Gasteiger partial charge < -0.3 is 4.74 Å². The zero-order valence-corrected chi connectivity index (χ0v) is 19.3. The maximum Gasteiger partial charge on any atom is 0.306 e. The smallest absolute Gasteiger partial charge is 0.306 e. The number of nitrogens with zero attached hydrogens (tertiary/aromatic N) is 3. The molecule has 168 valence electrons. The number of carbonyl (C=O) groups excluding carboxylic acids is 2. The number of Topliss-reactive ketones (excluding diaryl/α,β-unsaturated/α-hetero) is 1. The first-order valence-corrected chi connectivity index (χ1v) is 10.9. The lowest BCUT2D eigenvalue weighted by molar-refractivity contribution is -0.141. The Morgan fingerprint density at radius 1 is 1.00 bits per heavy atom. The molecule has 33 heavy (non-hydrogen) atoms. The molecule has 0 fully saturated rings. The zero-order chi connectivity index (χ0) is 23.6. The fraction of sp³-hybridized carbons (Fsp3) is 0.259. The van der Waals surface area contributed by atoms with E-state index in [2.05, 4.69) is 10.1 Å². The summed E-state index contributed by atoms with van der Waals surface area (Å²) in [4.78, 5) is 29.4. The van der Waals surface area contributed by atoms with Crippen LogP contribution in [0.4, 0.5) is 0 Å². The molecule has 0 spiro atoms. The van der Waals surface area contributed by atoms with Gasteiger partial charge in [-0.25, -0.2) is 9.50 Å². The van der Waals surface area contributed by atoms with Crippen LogP contribution in [0.5, 0.6) is 0 Å². The van der Waals surface area contributed by atoms with Gasteiger partial charge in [-0.1, -0.05) is 68.4 Å². The molecule has 4 aromatic rings. The summed E-state index contributed by atoms with van der Waals surface area (Å²) in [6.45, 7) is 5.90. The second kappa shape index (κ2) is 8.98. The van der Waals surface area contributed by atoms with E-state index in [0.29, 0.717) is 11.3 Å². The highest BCUT2D eigenvalue weighted by atomic mass is 16.5. The van der Waals surface area contributed by atoms with Gasteiger partial charge in [-0.05, 0) is 18.6 Å². The number of carbonyl (C=O) groups is 2. The van der Waals surface area contributed by atoms with Crippen LogP contribution < -0.4 is 0 Å². The largest absolute Gasteiger partial charge is 0.469 e. The second-order valence-corrected chi connectivity index (χ2v) is 8.87. The number of hydrogen-bond donors (Lipinski definition) is 0. The maximum absolute atomic E-state index is 13.1. The van der Waals surface area contributed by atoms with Gasteiger partial charge in [-0.15, -0.1) is 0 Å². The number of ether oxygens (including phenoxy) is 1. The first-order valence-electron chi connectivity index (χ1n) is 10.9. The third-order valence-corrected chi connectivity index (χ3v) is 5.82. The van der Waals surface area contributed by atoms with Crippen molar-refractivity contribution in [3.63, 3.8) is 0 Å². The van der Waals surface area contributed by atoms with Gasteiger partial charge in [0.15, 0.2) is 11.4 Å². The molecule has 2 aromatic carbocycles. The summed E-state index contributed by atoms with van der Waals surface area (Å²) in [5, 5.41) is 4.56. The van der Waals surface area contributed by atoms with Crippen molar-refractivity contribution < 1.29 is 14.3 Å². The highest BCUT2D eigenvalue weighted by molar-refractivity contribution is 5.97. The molecule has 0 unspecified atom stereocenters. The average Bonchev–Trinajstić information content (AvgIpc) is 3.18. The van der Waals surface area contributed by atoms with Crippen LogP contribution in [0.2, 0.25) is 0 Å². The van der Waals surface area contributed by atoms with E-state index in [1.165, 1.54) is 7.11 Å². The number of methoxy groups -OCH3 is 1. The van der Waals surface area contributed by atoms with E-state index in [0.717, 1.165) is 28.2 Å². The zero-order valence-electron chi connectivity index (χ0n) is 19.3. The van der Waals surface area contributed by atoms with Gasteiger partial charge in [-0.2, -0.15) is 5.10 Å². The Morgan fingerprint density at radius 2 is 1.70 bits per heavy atom. The molecule has 0 aliphatic rings. The molecule has 2 aromatic heterocycles. The molecule has 0 amide bonds. The minimum atomic E-state index is -0.383. The second-order valence-electron chi connectivity index (χ2n) is 8.87. The first kappa shape index (κ1) is 22.4. The third-order valence-electron chi connectivity index (χ3n) is 5.82. The standard InChI is InChI=1S/C27H27N3O3/c1-18-14-25-28-22(15-23(30(25)29-18)19-8-6-5-7-9-19)16-24(31)20-10-12-21(13-11-20)27(2,3)17-26(32)33-4/h5-15H,16-17H2,1-4H3.